The molecule has 1 fully saturated rings. The van der Waals surface area contributed by atoms with Crippen molar-refractivity contribution in [2.24, 2.45) is 0 Å². The Morgan fingerprint density at radius 3 is 2.73 bits per heavy atom. The molecule has 4 aromatic rings. The number of fused-ring (bicyclic) bond motifs is 1. The molecular weight excluding hydrogens is 548 g/mol. The average molecular weight is 579 g/mol. The van der Waals surface area contributed by atoms with Crippen LogP contribution in [0.1, 0.15) is 42.7 Å². The Morgan fingerprint density at radius 1 is 1.24 bits per heavy atom. The van der Waals surface area contributed by atoms with Crippen molar-refractivity contribution in [3.63, 3.8) is 0 Å². The zero-order valence-electron chi connectivity index (χ0n) is 23.1. The van der Waals surface area contributed by atoms with Gasteiger partial charge in [0.2, 0.25) is 21.9 Å². The van der Waals surface area contributed by atoms with Gasteiger partial charge in [0.05, 0.1) is 36.3 Å². The molecule has 5 rings (SSSR count). The first-order valence-corrected chi connectivity index (χ1v) is 14.4. The molecule has 0 aliphatic carbocycles. The Bertz CT molecular complexity index is 1760. The molecule has 3 aromatic heterocycles. The normalized spacial score (nSPS) is 14.7. The number of hydrogen-bond acceptors (Lipinski definition) is 10. The third-order valence-electron chi connectivity index (χ3n) is 6.61. The predicted molar refractivity (Wildman–Crippen MR) is 154 cm³/mol. The maximum Gasteiger partial charge on any atom is 0.240 e. The van der Waals surface area contributed by atoms with Crippen molar-refractivity contribution in [3.8, 4) is 24.0 Å². The van der Waals surface area contributed by atoms with Crippen LogP contribution in [0.3, 0.4) is 0 Å². The van der Waals surface area contributed by atoms with Crippen molar-refractivity contribution >= 4 is 44.3 Å². The highest BCUT2D eigenvalue weighted by Crippen LogP contribution is 2.36. The van der Waals surface area contributed by atoms with E-state index in [0.29, 0.717) is 58.9 Å². The number of aromatic nitrogens is 4. The highest BCUT2D eigenvalue weighted by molar-refractivity contribution is 7.89. The van der Waals surface area contributed by atoms with Gasteiger partial charge in [-0.1, -0.05) is 0 Å². The quantitative estimate of drug-likeness (QED) is 0.248. The number of nitrogens with one attached hydrogen (secondary N) is 3. The van der Waals surface area contributed by atoms with Crippen LogP contribution in [-0.2, 0) is 14.8 Å². The van der Waals surface area contributed by atoms with Crippen LogP contribution < -0.4 is 19.5 Å². The lowest BCUT2D eigenvalue weighted by molar-refractivity contribution is 0.0244. The number of sulfonamides is 1. The summed E-state index contributed by atoms with van der Waals surface area (Å²) in [4.78, 5) is 16.9. The van der Waals surface area contributed by atoms with Gasteiger partial charge in [0, 0.05) is 37.6 Å². The number of terminal acetylenes is 1. The Labute approximate surface area is 237 Å². The van der Waals surface area contributed by atoms with Gasteiger partial charge < -0.3 is 28.9 Å². The number of benzene rings is 1. The van der Waals surface area contributed by atoms with Gasteiger partial charge in [-0.25, -0.2) is 18.1 Å². The molecule has 4 heterocycles. The van der Waals surface area contributed by atoms with E-state index in [4.69, 9.17) is 30.0 Å². The standard InChI is InChI=1S/C28H30N6O6S/c1-6-21-24(39-17(3)31-21)13-16(2)20-15-30-26-25(20)27(40-18-9-11-38-12-10-18)34-28(33-26)32-22-8-7-19(14-23(22)37-5)41(35,36)29-4/h1,7-8,13-15,18,29H,9-12H2,2-5H3,(H2,30,32,33,34)/b16-13+. The summed E-state index contributed by atoms with van der Waals surface area (Å²) in [5.41, 5.74) is 3.08. The van der Waals surface area contributed by atoms with E-state index in [1.54, 1.807) is 13.0 Å². The van der Waals surface area contributed by atoms with E-state index >= 15 is 0 Å². The van der Waals surface area contributed by atoms with Crippen LogP contribution in [0.15, 0.2) is 33.7 Å². The van der Waals surface area contributed by atoms with E-state index in [1.807, 2.05) is 19.2 Å². The van der Waals surface area contributed by atoms with Crippen LogP contribution in [0.4, 0.5) is 11.6 Å². The molecule has 41 heavy (non-hydrogen) atoms. The van der Waals surface area contributed by atoms with Crippen LogP contribution in [0.5, 0.6) is 11.6 Å². The summed E-state index contributed by atoms with van der Waals surface area (Å²) in [5, 5.41) is 3.83. The van der Waals surface area contributed by atoms with E-state index < -0.39 is 10.0 Å². The maximum atomic E-state index is 12.3. The molecule has 1 aliphatic rings. The molecule has 1 saturated heterocycles. The summed E-state index contributed by atoms with van der Waals surface area (Å²) in [7, 11) is -0.856. The Morgan fingerprint density at radius 2 is 2.02 bits per heavy atom. The summed E-state index contributed by atoms with van der Waals surface area (Å²) < 4.78 is 49.9. The second-order valence-corrected chi connectivity index (χ2v) is 11.2. The number of aryl methyl sites for hydroxylation is 1. The molecule has 1 aliphatic heterocycles. The number of allylic oxidation sites excluding steroid dienone is 1. The number of ether oxygens (including phenoxy) is 3. The predicted octanol–water partition coefficient (Wildman–Crippen LogP) is 4.01. The van der Waals surface area contributed by atoms with Gasteiger partial charge in [-0.05, 0) is 43.7 Å². The number of rotatable bonds is 9. The fourth-order valence-corrected chi connectivity index (χ4v) is 5.25. The molecule has 12 nitrogen and oxygen atoms in total. The largest absolute Gasteiger partial charge is 0.495 e. The number of aromatic amines is 1. The minimum absolute atomic E-state index is 0.0635. The maximum absolute atomic E-state index is 12.3. The second kappa shape index (κ2) is 11.6. The fraction of sp³-hybridized carbons (Fsp3) is 0.321. The Kier molecular flexibility index (Phi) is 7.98. The average Bonchev–Trinajstić information content (AvgIpc) is 3.56. The van der Waals surface area contributed by atoms with E-state index in [0.717, 1.165) is 24.0 Å². The third kappa shape index (κ3) is 5.90. The van der Waals surface area contributed by atoms with Crippen molar-refractivity contribution in [2.45, 2.75) is 37.7 Å². The van der Waals surface area contributed by atoms with Crippen molar-refractivity contribution < 1.29 is 27.0 Å². The number of oxazole rings is 1. The third-order valence-corrected chi connectivity index (χ3v) is 8.02. The lowest BCUT2D eigenvalue weighted by Gasteiger charge is -2.23. The van der Waals surface area contributed by atoms with Crippen LogP contribution >= 0.6 is 0 Å². The molecule has 0 radical (unpaired) electrons. The summed E-state index contributed by atoms with van der Waals surface area (Å²) in [5.74, 6) is 4.43. The summed E-state index contributed by atoms with van der Waals surface area (Å²) >= 11 is 0. The number of H-pyrrole nitrogens is 1. The minimum atomic E-state index is -3.65. The van der Waals surface area contributed by atoms with Crippen LogP contribution in [-0.4, -0.2) is 61.8 Å². The zero-order chi connectivity index (χ0) is 29.1. The summed E-state index contributed by atoms with van der Waals surface area (Å²) in [6.07, 6.45) is 10.6. The fourth-order valence-electron chi connectivity index (χ4n) is 4.50. The molecule has 1 aromatic carbocycles. The molecule has 214 valence electrons. The van der Waals surface area contributed by atoms with Crippen LogP contribution in [0.2, 0.25) is 0 Å². The van der Waals surface area contributed by atoms with Gasteiger partial charge in [0.1, 0.15) is 17.5 Å². The summed E-state index contributed by atoms with van der Waals surface area (Å²) in [6, 6.07) is 4.47. The van der Waals surface area contributed by atoms with Gasteiger partial charge in [-0.3, -0.25) is 0 Å². The molecule has 13 heteroatoms. The lowest BCUT2D eigenvalue weighted by Crippen LogP contribution is -2.26. The molecule has 0 atom stereocenters. The lowest BCUT2D eigenvalue weighted by atomic mass is 10.1. The van der Waals surface area contributed by atoms with Crippen molar-refractivity contribution in [1.82, 2.24) is 24.7 Å². The monoisotopic (exact) mass is 578 g/mol. The molecule has 0 bridgehead atoms. The van der Waals surface area contributed by atoms with Crippen molar-refractivity contribution in [1.29, 1.82) is 0 Å². The smallest absolute Gasteiger partial charge is 0.240 e. The first-order chi connectivity index (χ1) is 19.7. The Hall–Kier alpha value is -4.38. The number of methoxy groups -OCH3 is 1. The molecule has 0 spiro atoms. The Balaban J connectivity index is 1.57. The van der Waals surface area contributed by atoms with E-state index in [-0.39, 0.29) is 16.9 Å². The number of nitrogens with zero attached hydrogens (tertiary/aromatic N) is 3. The molecule has 0 unspecified atom stereocenters. The van der Waals surface area contributed by atoms with Gasteiger partial charge >= 0.3 is 0 Å². The highest BCUT2D eigenvalue weighted by Gasteiger charge is 2.23. The van der Waals surface area contributed by atoms with Gasteiger partial charge in [0.25, 0.3) is 0 Å². The SMILES string of the molecule is C#Cc1nc(C)oc1/C=C(\C)c1c[nH]c2nc(Nc3ccc(S(=O)(=O)NC)cc3OC)nc(OC3CCOCC3)c12. The van der Waals surface area contributed by atoms with Crippen LogP contribution in [0, 0.1) is 19.3 Å². The van der Waals surface area contributed by atoms with Gasteiger partial charge in [0.15, 0.2) is 17.3 Å². The summed E-state index contributed by atoms with van der Waals surface area (Å²) in [6.45, 7) is 4.86. The van der Waals surface area contributed by atoms with Gasteiger partial charge in [-0.15, -0.1) is 6.42 Å². The number of anilines is 2. The van der Waals surface area contributed by atoms with E-state index in [2.05, 4.69) is 30.9 Å². The second-order valence-electron chi connectivity index (χ2n) is 9.32. The van der Waals surface area contributed by atoms with Gasteiger partial charge in [-0.2, -0.15) is 9.97 Å². The molecule has 0 saturated carbocycles. The van der Waals surface area contributed by atoms with E-state index in [1.165, 1.54) is 26.3 Å². The molecule has 3 N–H and O–H groups in total. The minimum Gasteiger partial charge on any atom is -0.495 e. The van der Waals surface area contributed by atoms with Crippen molar-refractivity contribution in [2.75, 3.05) is 32.7 Å². The molecular formula is C28H30N6O6S. The highest BCUT2D eigenvalue weighted by atomic mass is 32.2. The van der Waals surface area contributed by atoms with E-state index in [9.17, 15) is 8.42 Å². The van der Waals surface area contributed by atoms with Crippen molar-refractivity contribution in [3.05, 3.63) is 47.3 Å². The first-order valence-electron chi connectivity index (χ1n) is 12.9. The van der Waals surface area contributed by atoms with Crippen LogP contribution in [0.25, 0.3) is 22.7 Å². The molecule has 0 amide bonds. The zero-order valence-corrected chi connectivity index (χ0v) is 23.9. The first kappa shape index (κ1) is 28.2. The topological polar surface area (TPSA) is 153 Å². The number of hydrogen-bond donors (Lipinski definition) is 3.